The first-order valence-corrected chi connectivity index (χ1v) is 10.1. The molecule has 1 aromatic heterocycles. The summed E-state index contributed by atoms with van der Waals surface area (Å²) in [7, 11) is 1.64. The number of carbonyl (C=O) groups excluding carboxylic acids is 2. The number of amides is 2. The monoisotopic (exact) mass is 398 g/mol. The molecule has 0 fully saturated rings. The molecule has 29 heavy (non-hydrogen) atoms. The largest absolute Gasteiger partial charge is 0.496 e. The van der Waals surface area contributed by atoms with E-state index in [1.165, 1.54) is 0 Å². The minimum absolute atomic E-state index is 0.226. The van der Waals surface area contributed by atoms with Crippen LogP contribution in [-0.4, -0.2) is 40.6 Å². The summed E-state index contributed by atoms with van der Waals surface area (Å²) >= 11 is 0. The van der Waals surface area contributed by atoms with Crippen molar-refractivity contribution >= 4 is 11.8 Å². The molecule has 1 aromatic carbocycles. The molecule has 1 aliphatic heterocycles. The van der Waals surface area contributed by atoms with E-state index in [4.69, 9.17) is 4.74 Å². The van der Waals surface area contributed by atoms with Crippen molar-refractivity contribution in [3.63, 3.8) is 0 Å². The Labute approximate surface area is 171 Å². The van der Waals surface area contributed by atoms with Crippen molar-refractivity contribution in [1.29, 1.82) is 0 Å². The third kappa shape index (κ3) is 4.96. The Morgan fingerprint density at radius 1 is 1.17 bits per heavy atom. The van der Waals surface area contributed by atoms with Gasteiger partial charge in [0.2, 0.25) is 0 Å². The SMILES string of the molecule is COc1ccccc1CCNC(=O)c1nc(C(=O)NC(C)(C)C)c2n1CCCC2. The molecule has 0 atom stereocenters. The Morgan fingerprint density at radius 2 is 1.93 bits per heavy atom. The third-order valence-corrected chi connectivity index (χ3v) is 4.90. The number of hydrogen-bond donors (Lipinski definition) is 2. The fraction of sp³-hybridized carbons (Fsp3) is 0.500. The number of aromatic nitrogens is 2. The number of nitrogens with zero attached hydrogens (tertiary/aromatic N) is 2. The van der Waals surface area contributed by atoms with Crippen LogP contribution in [0.5, 0.6) is 5.75 Å². The van der Waals surface area contributed by atoms with Gasteiger partial charge in [0.05, 0.1) is 12.8 Å². The normalized spacial score (nSPS) is 13.5. The highest BCUT2D eigenvalue weighted by molar-refractivity contribution is 5.97. The molecule has 156 valence electrons. The number of rotatable bonds is 6. The molecule has 0 unspecified atom stereocenters. The lowest BCUT2D eigenvalue weighted by Gasteiger charge is -2.21. The fourth-order valence-electron chi connectivity index (χ4n) is 3.60. The van der Waals surface area contributed by atoms with E-state index < -0.39 is 0 Å². The summed E-state index contributed by atoms with van der Waals surface area (Å²) in [5.41, 5.74) is 1.90. The number of carbonyl (C=O) groups is 2. The van der Waals surface area contributed by atoms with Crippen LogP contribution in [0.25, 0.3) is 0 Å². The maximum absolute atomic E-state index is 12.8. The van der Waals surface area contributed by atoms with Crippen molar-refractivity contribution in [2.24, 2.45) is 0 Å². The minimum atomic E-state index is -0.362. The van der Waals surface area contributed by atoms with E-state index in [1.807, 2.05) is 49.6 Å². The summed E-state index contributed by atoms with van der Waals surface area (Å²) in [6.07, 6.45) is 3.39. The highest BCUT2D eigenvalue weighted by Crippen LogP contribution is 2.22. The molecule has 0 aliphatic carbocycles. The van der Waals surface area contributed by atoms with Gasteiger partial charge in [-0.15, -0.1) is 0 Å². The minimum Gasteiger partial charge on any atom is -0.496 e. The number of imidazole rings is 1. The zero-order valence-electron chi connectivity index (χ0n) is 17.7. The molecule has 7 heteroatoms. The average Bonchev–Trinajstić information content (AvgIpc) is 3.07. The number of fused-ring (bicyclic) bond motifs is 1. The van der Waals surface area contributed by atoms with Gasteiger partial charge in [0.15, 0.2) is 5.82 Å². The van der Waals surface area contributed by atoms with Crippen LogP contribution in [0.15, 0.2) is 24.3 Å². The fourth-order valence-corrected chi connectivity index (χ4v) is 3.60. The van der Waals surface area contributed by atoms with Crippen LogP contribution < -0.4 is 15.4 Å². The highest BCUT2D eigenvalue weighted by atomic mass is 16.5. The van der Waals surface area contributed by atoms with Crippen molar-refractivity contribution in [2.75, 3.05) is 13.7 Å². The van der Waals surface area contributed by atoms with Crippen molar-refractivity contribution in [1.82, 2.24) is 20.2 Å². The van der Waals surface area contributed by atoms with Crippen LogP contribution in [0.3, 0.4) is 0 Å². The van der Waals surface area contributed by atoms with Crippen LogP contribution in [0, 0.1) is 0 Å². The van der Waals surface area contributed by atoms with Crippen LogP contribution in [0.4, 0.5) is 0 Å². The standard InChI is InChI=1S/C22H30N4O3/c1-22(2,3)25-20(27)18-16-10-7-8-14-26(16)19(24-18)21(28)23-13-12-15-9-5-6-11-17(15)29-4/h5-6,9,11H,7-8,10,12-14H2,1-4H3,(H,23,28)(H,25,27). The quantitative estimate of drug-likeness (QED) is 0.784. The number of hydrogen-bond acceptors (Lipinski definition) is 4. The molecule has 2 N–H and O–H groups in total. The molecule has 2 amide bonds. The molecule has 0 saturated heterocycles. The van der Waals surface area contributed by atoms with E-state index in [0.717, 1.165) is 36.3 Å². The second kappa shape index (κ2) is 8.68. The highest BCUT2D eigenvalue weighted by Gasteiger charge is 2.28. The van der Waals surface area contributed by atoms with Gasteiger partial charge in [0.1, 0.15) is 11.4 Å². The second-order valence-electron chi connectivity index (χ2n) is 8.36. The van der Waals surface area contributed by atoms with E-state index >= 15 is 0 Å². The Balaban J connectivity index is 1.74. The van der Waals surface area contributed by atoms with Crippen LogP contribution in [-0.2, 0) is 19.4 Å². The van der Waals surface area contributed by atoms with E-state index in [9.17, 15) is 9.59 Å². The molecule has 3 rings (SSSR count). The maximum Gasteiger partial charge on any atom is 0.287 e. The lowest BCUT2D eigenvalue weighted by Crippen LogP contribution is -2.41. The van der Waals surface area contributed by atoms with Gasteiger partial charge in [-0.1, -0.05) is 18.2 Å². The summed E-state index contributed by atoms with van der Waals surface area (Å²) in [6.45, 7) is 6.96. The van der Waals surface area contributed by atoms with E-state index in [2.05, 4.69) is 15.6 Å². The molecule has 2 aromatic rings. The van der Waals surface area contributed by atoms with Gasteiger partial charge in [0, 0.05) is 18.6 Å². The molecule has 0 saturated carbocycles. The van der Waals surface area contributed by atoms with Gasteiger partial charge in [-0.3, -0.25) is 9.59 Å². The number of ether oxygens (including phenoxy) is 1. The molecular formula is C22H30N4O3. The van der Waals surface area contributed by atoms with Crippen LogP contribution in [0.2, 0.25) is 0 Å². The first-order chi connectivity index (χ1) is 13.8. The Bertz CT molecular complexity index is 896. The number of methoxy groups -OCH3 is 1. The number of para-hydroxylation sites is 1. The second-order valence-corrected chi connectivity index (χ2v) is 8.36. The topological polar surface area (TPSA) is 85.2 Å². The Morgan fingerprint density at radius 3 is 2.66 bits per heavy atom. The summed E-state index contributed by atoms with van der Waals surface area (Å²) in [6, 6.07) is 7.76. The van der Waals surface area contributed by atoms with E-state index in [-0.39, 0.29) is 17.4 Å². The summed E-state index contributed by atoms with van der Waals surface area (Å²) in [5.74, 6) is 0.647. The lowest BCUT2D eigenvalue weighted by atomic mass is 10.1. The van der Waals surface area contributed by atoms with Crippen molar-refractivity contribution < 1.29 is 14.3 Å². The smallest absolute Gasteiger partial charge is 0.287 e. The summed E-state index contributed by atoms with van der Waals surface area (Å²) < 4.78 is 7.26. The van der Waals surface area contributed by atoms with Crippen LogP contribution in [0.1, 0.15) is 66.0 Å². The Hall–Kier alpha value is -2.83. The van der Waals surface area contributed by atoms with Gasteiger partial charge in [0.25, 0.3) is 11.8 Å². The van der Waals surface area contributed by atoms with Gasteiger partial charge in [-0.05, 0) is 58.1 Å². The zero-order valence-corrected chi connectivity index (χ0v) is 17.7. The molecule has 0 bridgehead atoms. The molecular weight excluding hydrogens is 368 g/mol. The molecule has 0 spiro atoms. The molecule has 1 aliphatic rings. The van der Waals surface area contributed by atoms with Crippen molar-refractivity contribution in [3.8, 4) is 5.75 Å². The number of benzene rings is 1. The lowest BCUT2D eigenvalue weighted by molar-refractivity contribution is 0.0913. The van der Waals surface area contributed by atoms with Crippen molar-refractivity contribution in [2.45, 2.75) is 58.5 Å². The van der Waals surface area contributed by atoms with E-state index in [0.29, 0.717) is 31.0 Å². The molecule has 2 heterocycles. The Kier molecular flexibility index (Phi) is 6.25. The summed E-state index contributed by atoms with van der Waals surface area (Å²) in [5, 5.41) is 5.89. The third-order valence-electron chi connectivity index (χ3n) is 4.90. The first kappa shape index (κ1) is 20.9. The van der Waals surface area contributed by atoms with Crippen LogP contribution >= 0.6 is 0 Å². The predicted molar refractivity (Wildman–Crippen MR) is 111 cm³/mol. The van der Waals surface area contributed by atoms with Gasteiger partial charge >= 0.3 is 0 Å². The van der Waals surface area contributed by atoms with Crippen molar-refractivity contribution in [3.05, 3.63) is 47.0 Å². The van der Waals surface area contributed by atoms with Gasteiger partial charge in [-0.2, -0.15) is 0 Å². The predicted octanol–water partition coefficient (Wildman–Crippen LogP) is 2.73. The molecule has 0 radical (unpaired) electrons. The van der Waals surface area contributed by atoms with Gasteiger partial charge in [-0.25, -0.2) is 4.98 Å². The maximum atomic E-state index is 12.8. The summed E-state index contributed by atoms with van der Waals surface area (Å²) in [4.78, 5) is 30.0. The number of nitrogens with one attached hydrogen (secondary N) is 2. The van der Waals surface area contributed by atoms with E-state index in [1.54, 1.807) is 7.11 Å². The molecule has 7 nitrogen and oxygen atoms in total. The zero-order chi connectivity index (χ0) is 21.0. The average molecular weight is 399 g/mol. The van der Waals surface area contributed by atoms with Gasteiger partial charge < -0.3 is 19.9 Å². The first-order valence-electron chi connectivity index (χ1n) is 10.1.